The van der Waals surface area contributed by atoms with E-state index < -0.39 is 0 Å². The molecule has 2 heteroatoms. The van der Waals surface area contributed by atoms with Gasteiger partial charge in [0.1, 0.15) is 11.5 Å². The van der Waals surface area contributed by atoms with Gasteiger partial charge in [-0.05, 0) is 73.5 Å². The Hall–Kier alpha value is -4.04. The van der Waals surface area contributed by atoms with Crippen LogP contribution in [0.3, 0.4) is 0 Å². The van der Waals surface area contributed by atoms with E-state index in [1.165, 1.54) is 43.1 Å². The lowest BCUT2D eigenvalue weighted by Crippen LogP contribution is -2.29. The summed E-state index contributed by atoms with van der Waals surface area (Å²) in [6.45, 7) is 0. The van der Waals surface area contributed by atoms with Crippen LogP contribution in [-0.2, 0) is 5.41 Å². The van der Waals surface area contributed by atoms with Crippen molar-refractivity contribution in [2.24, 2.45) is 0 Å². The Labute approximate surface area is 193 Å². The van der Waals surface area contributed by atoms with E-state index in [0.29, 0.717) is 0 Å². The van der Waals surface area contributed by atoms with Crippen molar-refractivity contribution >= 4 is 18.2 Å². The Morgan fingerprint density at radius 2 is 1.21 bits per heavy atom. The fourth-order valence-corrected chi connectivity index (χ4v) is 5.15. The molecule has 0 bridgehead atoms. The lowest BCUT2D eigenvalue weighted by Gasteiger charge is -2.32. The summed E-state index contributed by atoms with van der Waals surface area (Å²) in [5.41, 5.74) is 4.59. The van der Waals surface area contributed by atoms with Crippen LogP contribution in [0.25, 0.3) is 18.2 Å². The maximum atomic E-state index is 5.41. The van der Waals surface area contributed by atoms with Crippen LogP contribution in [0.15, 0.2) is 91.0 Å². The predicted molar refractivity (Wildman–Crippen MR) is 134 cm³/mol. The van der Waals surface area contributed by atoms with Gasteiger partial charge in [0.2, 0.25) is 0 Å². The first-order chi connectivity index (χ1) is 16.2. The normalized spacial score (nSPS) is 14.4. The molecule has 2 nitrogen and oxygen atoms in total. The fourth-order valence-electron chi connectivity index (χ4n) is 5.15. The number of benzene rings is 4. The van der Waals surface area contributed by atoms with Crippen LogP contribution in [-0.4, -0.2) is 14.2 Å². The molecule has 0 aliphatic heterocycles. The van der Waals surface area contributed by atoms with E-state index >= 15 is 0 Å². The molecule has 2 aliphatic rings. The second kappa shape index (κ2) is 7.53. The number of hydrogen-bond acceptors (Lipinski definition) is 2. The van der Waals surface area contributed by atoms with Crippen molar-refractivity contribution in [2.75, 3.05) is 14.2 Å². The van der Waals surface area contributed by atoms with Crippen LogP contribution in [0.5, 0.6) is 11.5 Å². The van der Waals surface area contributed by atoms with Gasteiger partial charge >= 0.3 is 0 Å². The van der Waals surface area contributed by atoms with E-state index in [2.05, 4.69) is 85.0 Å². The topological polar surface area (TPSA) is 18.5 Å². The minimum absolute atomic E-state index is 0.384. The molecule has 0 N–H and O–H groups in total. The highest BCUT2D eigenvalue weighted by Gasteiger charge is 2.31. The molecule has 4 aromatic carbocycles. The number of fused-ring (bicyclic) bond motifs is 4. The van der Waals surface area contributed by atoms with Gasteiger partial charge in [0.05, 0.1) is 19.6 Å². The summed E-state index contributed by atoms with van der Waals surface area (Å²) in [6.07, 6.45) is 9.33. The Kier molecular flexibility index (Phi) is 4.48. The van der Waals surface area contributed by atoms with Crippen LogP contribution >= 0.6 is 0 Å². The van der Waals surface area contributed by atoms with E-state index in [1.54, 1.807) is 14.2 Å². The number of hydrogen-bond donors (Lipinski definition) is 0. The molecule has 0 atom stereocenters. The predicted octanol–water partition coefficient (Wildman–Crippen LogP) is 4.93. The van der Waals surface area contributed by atoms with Gasteiger partial charge in [-0.25, -0.2) is 0 Å². The second-order valence-corrected chi connectivity index (χ2v) is 8.56. The maximum absolute atomic E-state index is 5.41. The van der Waals surface area contributed by atoms with E-state index in [1.807, 2.05) is 24.3 Å². The molecular weight excluding hydrogens is 404 g/mol. The molecule has 160 valence electrons. The first-order valence-electron chi connectivity index (χ1n) is 11.2. The fraction of sp³-hybridized carbons (Fsp3) is 0.0968. The molecule has 6 rings (SSSR count). The zero-order valence-corrected chi connectivity index (χ0v) is 18.7. The Morgan fingerprint density at radius 1 is 0.576 bits per heavy atom. The zero-order chi connectivity index (χ0) is 22.4. The summed E-state index contributed by atoms with van der Waals surface area (Å²) >= 11 is 0. The summed E-state index contributed by atoms with van der Waals surface area (Å²) in [5, 5.41) is 5.15. The van der Waals surface area contributed by atoms with Crippen LogP contribution in [0, 0.1) is 10.4 Å². The van der Waals surface area contributed by atoms with Gasteiger partial charge in [-0.2, -0.15) is 0 Å². The van der Waals surface area contributed by atoms with Gasteiger partial charge in [-0.3, -0.25) is 0 Å². The molecule has 0 spiro atoms. The van der Waals surface area contributed by atoms with Gasteiger partial charge in [-0.15, -0.1) is 0 Å². The largest absolute Gasteiger partial charge is 0.497 e. The van der Waals surface area contributed by atoms with Crippen molar-refractivity contribution < 1.29 is 9.47 Å². The second-order valence-electron chi connectivity index (χ2n) is 8.56. The van der Waals surface area contributed by atoms with Crippen LogP contribution in [0.4, 0.5) is 0 Å². The highest BCUT2D eigenvalue weighted by Crippen LogP contribution is 2.39. The molecule has 0 saturated carbocycles. The molecule has 0 heterocycles. The summed E-state index contributed by atoms with van der Waals surface area (Å²) in [7, 11) is 3.40. The summed E-state index contributed by atoms with van der Waals surface area (Å²) in [6, 6.07) is 29.9. The van der Waals surface area contributed by atoms with E-state index in [4.69, 9.17) is 9.47 Å². The third-order valence-corrected chi connectivity index (χ3v) is 6.90. The molecule has 0 radical (unpaired) electrons. The number of allylic oxidation sites excluding steroid dienone is 1. The Morgan fingerprint density at radius 3 is 1.85 bits per heavy atom. The molecule has 0 aromatic heterocycles. The number of methoxy groups -OCH3 is 2. The number of rotatable bonds is 4. The van der Waals surface area contributed by atoms with Crippen molar-refractivity contribution in [1.82, 2.24) is 0 Å². The monoisotopic (exact) mass is 428 g/mol. The summed E-state index contributed by atoms with van der Waals surface area (Å²) < 4.78 is 10.8. The quantitative estimate of drug-likeness (QED) is 0.404. The molecule has 0 saturated heterocycles. The van der Waals surface area contributed by atoms with Gasteiger partial charge in [0.15, 0.2) is 0 Å². The van der Waals surface area contributed by atoms with E-state index in [9.17, 15) is 0 Å². The molecule has 0 unspecified atom stereocenters. The van der Waals surface area contributed by atoms with Gasteiger partial charge in [0.25, 0.3) is 0 Å². The van der Waals surface area contributed by atoms with E-state index in [0.717, 1.165) is 11.5 Å². The van der Waals surface area contributed by atoms with Crippen molar-refractivity contribution in [3.05, 3.63) is 134 Å². The first-order valence-corrected chi connectivity index (χ1v) is 11.2. The average molecular weight is 429 g/mol. The van der Waals surface area contributed by atoms with E-state index in [-0.39, 0.29) is 5.41 Å². The average Bonchev–Trinajstić information content (AvgIpc) is 3.27. The highest BCUT2D eigenvalue weighted by atomic mass is 16.5. The van der Waals surface area contributed by atoms with Crippen molar-refractivity contribution in [3.8, 4) is 11.5 Å². The third-order valence-electron chi connectivity index (χ3n) is 6.90. The standard InChI is InChI=1S/C31H24O2/c1-32-25-12-8-23(9-13-25)31(24-10-14-26(33-2)15-11-24)18-17-28-22(20-31)7-16-29-27-6-4-3-5-21(27)19-30(28)29/h3-20H,1-2H3. The Balaban J connectivity index is 1.61. The summed E-state index contributed by atoms with van der Waals surface area (Å²) in [4.78, 5) is 0. The molecular formula is C31H24O2. The van der Waals surface area contributed by atoms with Crippen LogP contribution in [0.2, 0.25) is 0 Å². The zero-order valence-electron chi connectivity index (χ0n) is 18.7. The minimum atomic E-state index is -0.384. The minimum Gasteiger partial charge on any atom is -0.497 e. The highest BCUT2D eigenvalue weighted by molar-refractivity contribution is 5.77. The summed E-state index contributed by atoms with van der Waals surface area (Å²) in [5.74, 6) is 1.71. The van der Waals surface area contributed by atoms with Crippen molar-refractivity contribution in [1.29, 1.82) is 0 Å². The van der Waals surface area contributed by atoms with Crippen molar-refractivity contribution in [3.63, 3.8) is 0 Å². The molecule has 33 heavy (non-hydrogen) atoms. The number of ether oxygens (including phenoxy) is 2. The SMILES string of the molecule is COc1ccc(C2(c3ccc(OC)cc3)C=Cc3c4c(ccc3=C2)=c2ccccc2=C4)cc1. The maximum Gasteiger partial charge on any atom is 0.118 e. The van der Waals surface area contributed by atoms with Gasteiger partial charge in [0, 0.05) is 0 Å². The molecule has 0 fully saturated rings. The third kappa shape index (κ3) is 3.02. The lowest BCUT2D eigenvalue weighted by atomic mass is 9.71. The van der Waals surface area contributed by atoms with Gasteiger partial charge in [-0.1, -0.05) is 78.9 Å². The molecule has 0 amide bonds. The smallest absolute Gasteiger partial charge is 0.118 e. The molecule has 2 aliphatic carbocycles. The van der Waals surface area contributed by atoms with Crippen LogP contribution in [0.1, 0.15) is 22.3 Å². The van der Waals surface area contributed by atoms with Crippen molar-refractivity contribution in [2.45, 2.75) is 5.41 Å². The van der Waals surface area contributed by atoms with Gasteiger partial charge < -0.3 is 9.47 Å². The Bertz CT molecular complexity index is 1560. The molecule has 4 aromatic rings. The lowest BCUT2D eigenvalue weighted by molar-refractivity contribution is 0.414. The first kappa shape index (κ1) is 19.6. The van der Waals surface area contributed by atoms with Crippen LogP contribution < -0.4 is 19.9 Å².